The fourth-order valence-electron chi connectivity index (χ4n) is 2.29. The molecule has 2 rings (SSSR count). The van der Waals surface area contributed by atoms with Gasteiger partial charge in [0, 0.05) is 30.9 Å². The van der Waals surface area contributed by atoms with E-state index >= 15 is 0 Å². The van der Waals surface area contributed by atoms with Crippen molar-refractivity contribution in [2.24, 2.45) is 5.92 Å². The average Bonchev–Trinajstić information content (AvgIpc) is 2.90. The third-order valence-corrected chi connectivity index (χ3v) is 3.32. The number of amides is 1. The zero-order valence-corrected chi connectivity index (χ0v) is 12.3. The predicted octanol–water partition coefficient (Wildman–Crippen LogP) is 3.26. The monoisotopic (exact) mass is 276 g/mol. The number of rotatable bonds is 6. The number of ether oxygens (including phenoxy) is 1. The smallest absolute Gasteiger partial charge is 0.224 e. The molecule has 4 nitrogen and oxygen atoms in total. The molecule has 0 aliphatic carbocycles. The minimum Gasteiger partial charge on any atom is -0.382 e. The van der Waals surface area contributed by atoms with Crippen LogP contribution >= 0.6 is 0 Å². The summed E-state index contributed by atoms with van der Waals surface area (Å²) >= 11 is 0. The Labute approximate surface area is 120 Å². The van der Waals surface area contributed by atoms with Crippen LogP contribution in [-0.4, -0.2) is 25.2 Å². The molecule has 1 amide bonds. The molecule has 0 aromatic heterocycles. The van der Waals surface area contributed by atoms with Gasteiger partial charge < -0.3 is 15.4 Å². The van der Waals surface area contributed by atoms with Gasteiger partial charge in [0.05, 0.1) is 6.10 Å². The first-order valence-electron chi connectivity index (χ1n) is 7.39. The lowest BCUT2D eigenvalue weighted by atomic mass is 10.1. The number of hydrogen-bond acceptors (Lipinski definition) is 3. The summed E-state index contributed by atoms with van der Waals surface area (Å²) in [5.41, 5.74) is 1.90. The highest BCUT2D eigenvalue weighted by Crippen LogP contribution is 2.16. The van der Waals surface area contributed by atoms with Gasteiger partial charge in [-0.3, -0.25) is 4.79 Å². The maximum Gasteiger partial charge on any atom is 0.224 e. The average molecular weight is 276 g/mol. The molecule has 1 aliphatic rings. The van der Waals surface area contributed by atoms with E-state index in [1.165, 1.54) is 0 Å². The predicted molar refractivity (Wildman–Crippen MR) is 82.0 cm³/mol. The van der Waals surface area contributed by atoms with Gasteiger partial charge in [0.1, 0.15) is 0 Å². The Morgan fingerprint density at radius 3 is 2.60 bits per heavy atom. The van der Waals surface area contributed by atoms with E-state index in [4.69, 9.17) is 4.74 Å². The molecule has 0 bridgehead atoms. The van der Waals surface area contributed by atoms with Crippen molar-refractivity contribution in [3.8, 4) is 0 Å². The van der Waals surface area contributed by atoms with Gasteiger partial charge in [-0.1, -0.05) is 13.8 Å². The SMILES string of the molecule is CC(C)CC(=O)Nc1ccc(NCC2CCCO2)cc1. The lowest BCUT2D eigenvalue weighted by molar-refractivity contribution is -0.116. The van der Waals surface area contributed by atoms with Crippen molar-refractivity contribution in [2.75, 3.05) is 23.8 Å². The number of benzene rings is 1. The van der Waals surface area contributed by atoms with Gasteiger partial charge in [0.2, 0.25) is 5.91 Å². The zero-order chi connectivity index (χ0) is 14.4. The van der Waals surface area contributed by atoms with Crippen LogP contribution in [0.2, 0.25) is 0 Å². The summed E-state index contributed by atoms with van der Waals surface area (Å²) < 4.78 is 5.57. The largest absolute Gasteiger partial charge is 0.382 e. The second kappa shape index (κ2) is 7.29. The normalized spacial score (nSPS) is 18.2. The van der Waals surface area contributed by atoms with Crippen LogP contribution in [0.3, 0.4) is 0 Å². The van der Waals surface area contributed by atoms with E-state index in [1.807, 2.05) is 38.1 Å². The van der Waals surface area contributed by atoms with Crippen molar-refractivity contribution in [3.63, 3.8) is 0 Å². The second-order valence-corrected chi connectivity index (χ2v) is 5.74. The highest BCUT2D eigenvalue weighted by Gasteiger charge is 2.14. The van der Waals surface area contributed by atoms with Gasteiger partial charge in [0.15, 0.2) is 0 Å². The van der Waals surface area contributed by atoms with Crippen LogP contribution in [0.1, 0.15) is 33.1 Å². The zero-order valence-electron chi connectivity index (χ0n) is 12.3. The maximum atomic E-state index is 11.7. The summed E-state index contributed by atoms with van der Waals surface area (Å²) in [5, 5.41) is 6.27. The Balaban J connectivity index is 1.78. The second-order valence-electron chi connectivity index (χ2n) is 5.74. The molecule has 1 heterocycles. The molecule has 110 valence electrons. The van der Waals surface area contributed by atoms with Gasteiger partial charge in [-0.05, 0) is 43.0 Å². The summed E-state index contributed by atoms with van der Waals surface area (Å²) in [6.45, 7) is 5.81. The summed E-state index contributed by atoms with van der Waals surface area (Å²) in [6, 6.07) is 7.83. The van der Waals surface area contributed by atoms with E-state index in [-0.39, 0.29) is 5.91 Å². The molecule has 1 atom stereocenters. The topological polar surface area (TPSA) is 50.4 Å². The fourth-order valence-corrected chi connectivity index (χ4v) is 2.29. The number of carbonyl (C=O) groups is 1. The van der Waals surface area contributed by atoms with Crippen molar-refractivity contribution in [2.45, 2.75) is 39.2 Å². The highest BCUT2D eigenvalue weighted by atomic mass is 16.5. The molecule has 1 unspecified atom stereocenters. The van der Waals surface area contributed by atoms with Crippen molar-refractivity contribution >= 4 is 17.3 Å². The molecule has 20 heavy (non-hydrogen) atoms. The van der Waals surface area contributed by atoms with E-state index in [2.05, 4.69) is 10.6 Å². The third kappa shape index (κ3) is 4.85. The van der Waals surface area contributed by atoms with Crippen LogP contribution in [0.4, 0.5) is 11.4 Å². The fraction of sp³-hybridized carbons (Fsp3) is 0.562. The quantitative estimate of drug-likeness (QED) is 0.838. The minimum atomic E-state index is 0.0695. The third-order valence-electron chi connectivity index (χ3n) is 3.32. The molecule has 1 fully saturated rings. The van der Waals surface area contributed by atoms with E-state index in [1.54, 1.807) is 0 Å². The van der Waals surface area contributed by atoms with E-state index < -0.39 is 0 Å². The molecular weight excluding hydrogens is 252 g/mol. The summed E-state index contributed by atoms with van der Waals surface area (Å²) in [5.74, 6) is 0.447. The lowest BCUT2D eigenvalue weighted by Gasteiger charge is -2.12. The Morgan fingerprint density at radius 2 is 2.00 bits per heavy atom. The summed E-state index contributed by atoms with van der Waals surface area (Å²) in [6.07, 6.45) is 3.18. The molecule has 2 N–H and O–H groups in total. The maximum absolute atomic E-state index is 11.7. The molecule has 0 saturated carbocycles. The Morgan fingerprint density at radius 1 is 1.30 bits per heavy atom. The van der Waals surface area contributed by atoms with Gasteiger partial charge in [-0.2, -0.15) is 0 Å². The van der Waals surface area contributed by atoms with Crippen molar-refractivity contribution in [1.29, 1.82) is 0 Å². The lowest BCUT2D eigenvalue weighted by Crippen LogP contribution is -2.18. The van der Waals surface area contributed by atoms with E-state index in [0.717, 1.165) is 37.4 Å². The Bertz CT molecular complexity index is 423. The van der Waals surface area contributed by atoms with Crippen LogP contribution in [0, 0.1) is 5.92 Å². The van der Waals surface area contributed by atoms with Gasteiger partial charge in [0.25, 0.3) is 0 Å². The first-order chi connectivity index (χ1) is 9.63. The molecule has 1 aromatic carbocycles. The van der Waals surface area contributed by atoms with Crippen molar-refractivity contribution in [3.05, 3.63) is 24.3 Å². The molecule has 1 aromatic rings. The Hall–Kier alpha value is -1.55. The summed E-state index contributed by atoms with van der Waals surface area (Å²) in [7, 11) is 0. The van der Waals surface area contributed by atoms with E-state index in [9.17, 15) is 4.79 Å². The number of nitrogens with one attached hydrogen (secondary N) is 2. The van der Waals surface area contributed by atoms with E-state index in [0.29, 0.717) is 18.4 Å². The molecular formula is C16H24N2O2. The molecule has 0 spiro atoms. The van der Waals surface area contributed by atoms with Gasteiger partial charge in [-0.15, -0.1) is 0 Å². The molecule has 1 aliphatic heterocycles. The van der Waals surface area contributed by atoms with Crippen LogP contribution in [-0.2, 0) is 9.53 Å². The van der Waals surface area contributed by atoms with Crippen LogP contribution in [0.5, 0.6) is 0 Å². The number of hydrogen-bond donors (Lipinski definition) is 2. The molecule has 4 heteroatoms. The minimum absolute atomic E-state index is 0.0695. The van der Waals surface area contributed by atoms with Crippen LogP contribution in [0.25, 0.3) is 0 Å². The first-order valence-corrected chi connectivity index (χ1v) is 7.39. The highest BCUT2D eigenvalue weighted by molar-refractivity contribution is 5.90. The van der Waals surface area contributed by atoms with Gasteiger partial charge >= 0.3 is 0 Å². The van der Waals surface area contributed by atoms with Crippen molar-refractivity contribution < 1.29 is 9.53 Å². The standard InChI is InChI=1S/C16H24N2O2/c1-12(2)10-16(19)18-14-7-5-13(6-8-14)17-11-15-4-3-9-20-15/h5-8,12,15,17H,3-4,9-11H2,1-2H3,(H,18,19). The number of carbonyl (C=O) groups excluding carboxylic acids is 1. The van der Waals surface area contributed by atoms with Crippen LogP contribution in [0.15, 0.2) is 24.3 Å². The summed E-state index contributed by atoms with van der Waals surface area (Å²) in [4.78, 5) is 11.7. The van der Waals surface area contributed by atoms with Crippen molar-refractivity contribution in [1.82, 2.24) is 0 Å². The molecule has 0 radical (unpaired) electrons. The van der Waals surface area contributed by atoms with Crippen LogP contribution < -0.4 is 10.6 Å². The number of anilines is 2. The first kappa shape index (κ1) is 14.9. The Kier molecular flexibility index (Phi) is 5.41. The molecule has 1 saturated heterocycles. The van der Waals surface area contributed by atoms with Gasteiger partial charge in [-0.25, -0.2) is 0 Å².